The molecular weight excluding hydrogens is 744 g/mol. The van der Waals surface area contributed by atoms with Gasteiger partial charge in [0.1, 0.15) is 6.54 Å². The molecule has 0 saturated carbocycles. The average Bonchev–Trinajstić information content (AvgIpc) is 3.45. The smallest absolute Gasteiger partial charge is 0.870 e. The Morgan fingerprint density at radius 2 is 1.20 bits per heavy atom. The van der Waals surface area contributed by atoms with Gasteiger partial charge in [0.05, 0.1) is 16.9 Å². The largest absolute Gasteiger partial charge is 0.870 e. The Kier molecular flexibility index (Phi) is 14.4. The molecule has 0 unspecified atom stereocenters. The number of hydrogen-bond donors (Lipinski definition) is 2. The minimum absolute atomic E-state index is 0. The molecule has 4 aromatic carbocycles. The first kappa shape index (κ1) is 44.3. The van der Waals surface area contributed by atoms with Crippen LogP contribution in [0.4, 0.5) is 11.4 Å². The third-order valence-corrected chi connectivity index (χ3v) is 12.1. The van der Waals surface area contributed by atoms with E-state index in [2.05, 4.69) is 110 Å². The van der Waals surface area contributed by atoms with E-state index in [4.69, 9.17) is 0 Å². The SMILES string of the molecule is CC1(C)C(=CC=CC=CC=CC2=[N+](CCCCS(=O)(=O)O)c3ccc4ccccc4c3C2(C)C)N(CCCCS(=O)(=O)O)c2ccc3ccccc3c21.[NaH].[OH-]. The Labute approximate surface area is 347 Å². The minimum Gasteiger partial charge on any atom is -0.870 e. The number of benzene rings is 4. The third kappa shape index (κ3) is 9.77. The van der Waals surface area contributed by atoms with Gasteiger partial charge >= 0.3 is 29.6 Å². The van der Waals surface area contributed by atoms with Crippen molar-refractivity contribution < 1.29 is 36.0 Å². The monoisotopic (exact) mass is 794 g/mol. The predicted octanol–water partition coefficient (Wildman–Crippen LogP) is 8.23. The Bertz CT molecular complexity index is 2430. The summed E-state index contributed by atoms with van der Waals surface area (Å²) in [5, 5.41) is 4.75. The van der Waals surface area contributed by atoms with Crippen molar-refractivity contribution in [3.8, 4) is 0 Å². The van der Waals surface area contributed by atoms with Gasteiger partial charge in [-0.2, -0.15) is 21.4 Å². The summed E-state index contributed by atoms with van der Waals surface area (Å²) in [6.45, 7) is 10.2. The fraction of sp³-hybridized carbons (Fsp3) is 0.326. The number of fused-ring (bicyclic) bond motifs is 6. The van der Waals surface area contributed by atoms with Crippen molar-refractivity contribution in [1.29, 1.82) is 0 Å². The Balaban J connectivity index is 0.00000336. The van der Waals surface area contributed by atoms with Gasteiger partial charge < -0.3 is 10.4 Å². The molecule has 0 amide bonds. The normalized spacial score (nSPS) is 17.1. The van der Waals surface area contributed by atoms with Gasteiger partial charge in [0.15, 0.2) is 5.71 Å². The molecule has 9 nitrogen and oxygen atoms in total. The van der Waals surface area contributed by atoms with E-state index in [0.29, 0.717) is 38.8 Å². The van der Waals surface area contributed by atoms with Crippen LogP contribution in [0.5, 0.6) is 0 Å². The second-order valence-corrected chi connectivity index (χ2v) is 18.1. The summed E-state index contributed by atoms with van der Waals surface area (Å²) in [5.74, 6) is -0.506. The van der Waals surface area contributed by atoms with Crippen LogP contribution in [0.1, 0.15) is 64.5 Å². The van der Waals surface area contributed by atoms with Crippen LogP contribution in [-0.4, -0.2) is 95.9 Å². The van der Waals surface area contributed by atoms with E-state index < -0.39 is 20.2 Å². The number of allylic oxidation sites excluding steroid dienone is 8. The first-order valence-corrected chi connectivity index (χ1v) is 21.4. The van der Waals surface area contributed by atoms with Crippen molar-refractivity contribution in [3.63, 3.8) is 0 Å². The third-order valence-electron chi connectivity index (χ3n) is 10.5. The van der Waals surface area contributed by atoms with Gasteiger partial charge in [-0.1, -0.05) is 98.8 Å². The van der Waals surface area contributed by atoms with Crippen molar-refractivity contribution in [2.75, 3.05) is 29.5 Å². The zero-order valence-corrected chi connectivity index (χ0v) is 32.9. The van der Waals surface area contributed by atoms with Gasteiger partial charge in [-0.15, -0.1) is 0 Å². The zero-order valence-electron chi connectivity index (χ0n) is 31.3. The van der Waals surface area contributed by atoms with Crippen LogP contribution in [0.25, 0.3) is 21.5 Å². The molecule has 0 saturated heterocycles. The maximum atomic E-state index is 11.4. The molecule has 12 heteroatoms. The van der Waals surface area contributed by atoms with E-state index in [-0.39, 0.29) is 57.4 Å². The molecule has 4 aromatic rings. The minimum atomic E-state index is -4.01. The fourth-order valence-electron chi connectivity index (χ4n) is 8.15. The Morgan fingerprint density at radius 1 is 0.655 bits per heavy atom. The van der Waals surface area contributed by atoms with E-state index in [0.717, 1.165) is 22.8 Å². The first-order valence-electron chi connectivity index (χ1n) is 18.2. The molecule has 2 aliphatic heterocycles. The molecule has 0 radical (unpaired) electrons. The van der Waals surface area contributed by atoms with Crippen LogP contribution in [0.15, 0.2) is 121 Å². The van der Waals surface area contributed by atoms with E-state index in [1.54, 1.807) is 0 Å². The molecule has 55 heavy (non-hydrogen) atoms. The summed E-state index contributed by atoms with van der Waals surface area (Å²) in [7, 11) is -8.02. The number of hydrogen-bond acceptors (Lipinski definition) is 6. The maximum Gasteiger partial charge on any atom is -0.870 e. The first-order chi connectivity index (χ1) is 25.1. The predicted molar refractivity (Wildman–Crippen MR) is 227 cm³/mol. The van der Waals surface area contributed by atoms with Gasteiger partial charge in [-0.05, 0) is 78.4 Å². The summed E-state index contributed by atoms with van der Waals surface area (Å²) < 4.78 is 66.3. The summed E-state index contributed by atoms with van der Waals surface area (Å²) >= 11 is 0. The molecule has 0 atom stereocenters. The zero-order chi connectivity index (χ0) is 38.0. The number of anilines is 1. The molecule has 2 aliphatic rings. The number of unbranched alkanes of at least 4 members (excludes halogenated alkanes) is 2. The molecule has 0 bridgehead atoms. The average molecular weight is 795 g/mol. The second-order valence-electron chi connectivity index (χ2n) is 15.0. The van der Waals surface area contributed by atoms with Crippen molar-refractivity contribution >= 4 is 88.4 Å². The van der Waals surface area contributed by atoms with E-state index >= 15 is 0 Å². The standard InChI is InChI=1S/C43H48N2O6S2.Na.H2O.H/c1-42(2)38(44(28-14-16-30-52(46,47)48)36-26-24-32-18-10-12-20-34(32)40(36)42)22-8-6-5-7-9-23-39-43(3,4)41-35-21-13-11-19-33(35)25-27-37(41)45(39)29-15-17-31-53(49,50)51;;;/h5-13,18-27H,14-17,28-31H2,1-4H3,(H-,46,47,48,49,50,51);;1H2;. The summed E-state index contributed by atoms with van der Waals surface area (Å²) in [5.41, 5.74) is 6.36. The molecule has 3 N–H and O–H groups in total. The Morgan fingerprint density at radius 3 is 1.84 bits per heavy atom. The van der Waals surface area contributed by atoms with Crippen LogP contribution in [0.2, 0.25) is 0 Å². The molecule has 288 valence electrons. The van der Waals surface area contributed by atoms with Crippen LogP contribution in [-0.2, 0) is 31.1 Å². The molecule has 0 spiro atoms. The molecule has 0 fully saturated rings. The Hall–Kier alpha value is -3.39. The molecular formula is C43H51N2NaO7S2. The summed E-state index contributed by atoms with van der Waals surface area (Å²) in [6, 6.07) is 25.3. The van der Waals surface area contributed by atoms with Gasteiger partial charge in [0.2, 0.25) is 5.69 Å². The summed E-state index contributed by atoms with van der Waals surface area (Å²) in [4.78, 5) is 2.28. The number of nitrogens with zero attached hydrogens (tertiary/aromatic N) is 2. The van der Waals surface area contributed by atoms with Crippen LogP contribution in [0.3, 0.4) is 0 Å². The van der Waals surface area contributed by atoms with Crippen molar-refractivity contribution in [2.24, 2.45) is 0 Å². The molecule has 2 heterocycles. The van der Waals surface area contributed by atoms with Gasteiger partial charge in [0, 0.05) is 47.5 Å². The second kappa shape index (κ2) is 17.8. The van der Waals surface area contributed by atoms with Gasteiger partial charge in [0.25, 0.3) is 20.2 Å². The fourth-order valence-corrected chi connectivity index (χ4v) is 9.28. The van der Waals surface area contributed by atoms with Crippen LogP contribution < -0.4 is 4.90 Å². The van der Waals surface area contributed by atoms with Gasteiger partial charge in [-0.25, -0.2) is 0 Å². The maximum absolute atomic E-state index is 11.4. The van der Waals surface area contributed by atoms with Crippen molar-refractivity contribution in [1.82, 2.24) is 0 Å². The molecule has 0 aromatic heterocycles. The molecule has 6 rings (SSSR count). The van der Waals surface area contributed by atoms with Crippen LogP contribution in [0, 0.1) is 0 Å². The van der Waals surface area contributed by atoms with Gasteiger partial charge in [-0.3, -0.25) is 9.11 Å². The number of rotatable bonds is 14. The topological polar surface area (TPSA) is 145 Å². The molecule has 0 aliphatic carbocycles. The van der Waals surface area contributed by atoms with E-state index in [1.165, 1.54) is 32.7 Å². The van der Waals surface area contributed by atoms with Crippen molar-refractivity contribution in [2.45, 2.75) is 64.2 Å². The van der Waals surface area contributed by atoms with E-state index in [9.17, 15) is 25.9 Å². The summed E-state index contributed by atoms with van der Waals surface area (Å²) in [6.07, 6.45) is 16.3. The van der Waals surface area contributed by atoms with Crippen LogP contribution >= 0.6 is 0 Å². The van der Waals surface area contributed by atoms with Crippen molar-refractivity contribution in [3.05, 3.63) is 132 Å². The van der Waals surface area contributed by atoms with E-state index in [1.807, 2.05) is 42.5 Å². The quantitative estimate of drug-likeness (QED) is 0.0427.